The Balaban J connectivity index is 1.73. The first-order valence-electron chi connectivity index (χ1n) is 8.45. The molecule has 1 aromatic heterocycles. The molecule has 5 nitrogen and oxygen atoms in total. The van der Waals surface area contributed by atoms with Gasteiger partial charge in [-0.25, -0.2) is 0 Å². The molecule has 2 saturated heterocycles. The fraction of sp³-hybridized carbons (Fsp3) is 0.556. The second kappa shape index (κ2) is 6.60. The molecule has 5 heteroatoms. The van der Waals surface area contributed by atoms with Crippen molar-refractivity contribution >= 4 is 11.8 Å². The van der Waals surface area contributed by atoms with Crippen LogP contribution >= 0.6 is 0 Å². The molecule has 3 rings (SSSR count). The molecule has 2 aliphatic rings. The van der Waals surface area contributed by atoms with Crippen LogP contribution in [0.15, 0.2) is 31.0 Å². The van der Waals surface area contributed by atoms with Gasteiger partial charge in [-0.3, -0.25) is 9.59 Å². The second-order valence-corrected chi connectivity index (χ2v) is 6.56. The van der Waals surface area contributed by atoms with E-state index in [1.165, 1.54) is 11.8 Å². The van der Waals surface area contributed by atoms with E-state index < -0.39 is 0 Å². The molecule has 2 aliphatic heterocycles. The van der Waals surface area contributed by atoms with Crippen LogP contribution in [0.5, 0.6) is 0 Å². The average Bonchev–Trinajstić information content (AvgIpc) is 3.21. The van der Waals surface area contributed by atoms with Crippen LogP contribution in [0.1, 0.15) is 37.4 Å². The Hall–Kier alpha value is -2.04. The number of aryl methyl sites for hydroxylation is 1. The fourth-order valence-electron chi connectivity index (χ4n) is 3.90. The minimum Gasteiger partial charge on any atom is -0.353 e. The van der Waals surface area contributed by atoms with Crippen LogP contribution in [-0.2, 0) is 16.6 Å². The lowest BCUT2D eigenvalue weighted by molar-refractivity contribution is -0.140. The Bertz CT molecular complexity index is 607. The molecular weight excluding hydrogens is 290 g/mol. The van der Waals surface area contributed by atoms with Crippen molar-refractivity contribution in [2.45, 2.75) is 31.7 Å². The van der Waals surface area contributed by atoms with Crippen molar-refractivity contribution in [1.82, 2.24) is 14.4 Å². The van der Waals surface area contributed by atoms with Crippen molar-refractivity contribution in [2.75, 3.05) is 19.6 Å². The summed E-state index contributed by atoms with van der Waals surface area (Å²) >= 11 is 0. The molecule has 2 atom stereocenters. The first-order valence-corrected chi connectivity index (χ1v) is 8.45. The van der Waals surface area contributed by atoms with Crippen LogP contribution in [0, 0.1) is 5.92 Å². The minimum absolute atomic E-state index is 0.0668. The van der Waals surface area contributed by atoms with Crippen LogP contribution in [0.4, 0.5) is 0 Å². The maximum Gasteiger partial charge on any atom is 0.245 e. The van der Waals surface area contributed by atoms with E-state index in [0.29, 0.717) is 6.54 Å². The number of rotatable bonds is 3. The van der Waals surface area contributed by atoms with E-state index in [9.17, 15) is 9.59 Å². The third-order valence-electron chi connectivity index (χ3n) is 5.12. The minimum atomic E-state index is -0.0754. The molecule has 0 aliphatic carbocycles. The van der Waals surface area contributed by atoms with Gasteiger partial charge in [-0.15, -0.1) is 0 Å². The molecule has 2 unspecified atom stereocenters. The zero-order valence-corrected chi connectivity index (χ0v) is 13.8. The van der Waals surface area contributed by atoms with Crippen molar-refractivity contribution in [1.29, 1.82) is 0 Å². The van der Waals surface area contributed by atoms with Crippen molar-refractivity contribution in [3.05, 3.63) is 36.7 Å². The Morgan fingerprint density at radius 2 is 2.04 bits per heavy atom. The smallest absolute Gasteiger partial charge is 0.245 e. The van der Waals surface area contributed by atoms with Gasteiger partial charge in [0.2, 0.25) is 11.8 Å². The molecule has 1 aromatic rings. The summed E-state index contributed by atoms with van der Waals surface area (Å²) in [7, 11) is 2.03. The number of likely N-dealkylation sites (tertiary alicyclic amines) is 2. The lowest BCUT2D eigenvalue weighted by Crippen LogP contribution is -2.46. The van der Waals surface area contributed by atoms with Crippen LogP contribution in [0.2, 0.25) is 0 Å². The highest BCUT2D eigenvalue weighted by Crippen LogP contribution is 2.34. The molecule has 0 bridgehead atoms. The summed E-state index contributed by atoms with van der Waals surface area (Å²) in [5.74, 6) is 0.0617. The monoisotopic (exact) mass is 315 g/mol. The van der Waals surface area contributed by atoms with E-state index in [1.807, 2.05) is 24.2 Å². The van der Waals surface area contributed by atoms with Gasteiger partial charge in [0.15, 0.2) is 0 Å². The van der Waals surface area contributed by atoms with Gasteiger partial charge < -0.3 is 14.4 Å². The standard InChI is InChI=1S/C18H25N3O2/c1-3-17(22)20-11-4-7-14(13-20)18(23)21-12-6-9-16(21)15-8-5-10-19(15)2/h3,5,8,10,14,16H,1,4,6-7,9,11-13H2,2H3. The summed E-state index contributed by atoms with van der Waals surface area (Å²) < 4.78 is 2.10. The number of nitrogens with zero attached hydrogens (tertiary/aromatic N) is 3. The summed E-state index contributed by atoms with van der Waals surface area (Å²) in [6, 6.07) is 4.31. The quantitative estimate of drug-likeness (QED) is 0.802. The molecular formula is C18H25N3O2. The first-order chi connectivity index (χ1) is 11.1. The van der Waals surface area contributed by atoms with E-state index in [0.717, 1.165) is 38.8 Å². The second-order valence-electron chi connectivity index (χ2n) is 6.56. The molecule has 2 fully saturated rings. The topological polar surface area (TPSA) is 45.6 Å². The van der Waals surface area contributed by atoms with Crippen LogP contribution in [-0.4, -0.2) is 45.8 Å². The molecule has 3 heterocycles. The van der Waals surface area contributed by atoms with Gasteiger partial charge in [-0.05, 0) is 43.9 Å². The summed E-state index contributed by atoms with van der Waals surface area (Å²) in [4.78, 5) is 28.6. The first kappa shape index (κ1) is 15.8. The molecule has 124 valence electrons. The molecule has 0 spiro atoms. The van der Waals surface area contributed by atoms with E-state index in [-0.39, 0.29) is 23.8 Å². The molecule has 0 N–H and O–H groups in total. The predicted octanol–water partition coefficient (Wildman–Crippen LogP) is 2.11. The summed E-state index contributed by atoms with van der Waals surface area (Å²) in [5.41, 5.74) is 1.20. The third kappa shape index (κ3) is 3.05. The van der Waals surface area contributed by atoms with Crippen LogP contribution < -0.4 is 0 Å². The van der Waals surface area contributed by atoms with Gasteiger partial charge in [0, 0.05) is 38.6 Å². The molecule has 0 aromatic carbocycles. The highest BCUT2D eigenvalue weighted by Gasteiger charge is 2.37. The van der Waals surface area contributed by atoms with Crippen molar-refractivity contribution in [2.24, 2.45) is 13.0 Å². The lowest BCUT2D eigenvalue weighted by atomic mass is 9.95. The van der Waals surface area contributed by atoms with Crippen molar-refractivity contribution < 1.29 is 9.59 Å². The number of carbonyl (C=O) groups is 2. The zero-order chi connectivity index (χ0) is 16.4. The Morgan fingerprint density at radius 1 is 1.26 bits per heavy atom. The number of amides is 2. The normalized spacial score (nSPS) is 24.7. The number of carbonyl (C=O) groups excluding carboxylic acids is 2. The number of aromatic nitrogens is 1. The molecule has 23 heavy (non-hydrogen) atoms. The summed E-state index contributed by atoms with van der Waals surface area (Å²) in [6.45, 7) is 5.63. The van der Waals surface area contributed by atoms with Gasteiger partial charge in [-0.1, -0.05) is 6.58 Å². The maximum atomic E-state index is 13.0. The highest BCUT2D eigenvalue weighted by molar-refractivity contribution is 5.88. The number of piperidine rings is 1. The number of hydrogen-bond acceptors (Lipinski definition) is 2. The maximum absolute atomic E-state index is 13.0. The Labute approximate surface area is 137 Å². The van der Waals surface area contributed by atoms with Crippen LogP contribution in [0.3, 0.4) is 0 Å². The van der Waals surface area contributed by atoms with E-state index in [4.69, 9.17) is 0 Å². The largest absolute Gasteiger partial charge is 0.353 e. The fourth-order valence-corrected chi connectivity index (χ4v) is 3.90. The van der Waals surface area contributed by atoms with E-state index in [2.05, 4.69) is 17.2 Å². The van der Waals surface area contributed by atoms with Crippen LogP contribution in [0.25, 0.3) is 0 Å². The average molecular weight is 315 g/mol. The van der Waals surface area contributed by atoms with Gasteiger partial charge >= 0.3 is 0 Å². The van der Waals surface area contributed by atoms with Crippen molar-refractivity contribution in [3.8, 4) is 0 Å². The summed E-state index contributed by atoms with van der Waals surface area (Å²) in [6.07, 6.45) is 7.20. The van der Waals surface area contributed by atoms with Crippen molar-refractivity contribution in [3.63, 3.8) is 0 Å². The van der Waals surface area contributed by atoms with E-state index >= 15 is 0 Å². The Kier molecular flexibility index (Phi) is 4.55. The molecule has 0 radical (unpaired) electrons. The predicted molar refractivity (Wildman–Crippen MR) is 88.6 cm³/mol. The molecule has 0 saturated carbocycles. The Morgan fingerprint density at radius 3 is 2.74 bits per heavy atom. The van der Waals surface area contributed by atoms with Gasteiger partial charge in [0.25, 0.3) is 0 Å². The van der Waals surface area contributed by atoms with Gasteiger partial charge in [0.05, 0.1) is 12.0 Å². The van der Waals surface area contributed by atoms with Gasteiger partial charge in [-0.2, -0.15) is 0 Å². The highest BCUT2D eigenvalue weighted by atomic mass is 16.2. The number of hydrogen-bond donors (Lipinski definition) is 0. The molecule has 2 amide bonds. The zero-order valence-electron chi connectivity index (χ0n) is 13.8. The van der Waals surface area contributed by atoms with Gasteiger partial charge in [0.1, 0.15) is 0 Å². The SMILES string of the molecule is C=CC(=O)N1CCCC(C(=O)N2CCCC2c2cccn2C)C1. The summed E-state index contributed by atoms with van der Waals surface area (Å²) in [5, 5.41) is 0. The van der Waals surface area contributed by atoms with E-state index in [1.54, 1.807) is 4.90 Å². The third-order valence-corrected chi connectivity index (χ3v) is 5.12. The lowest BCUT2D eigenvalue weighted by Gasteiger charge is -2.35.